The van der Waals surface area contributed by atoms with Crippen molar-refractivity contribution in [2.45, 2.75) is 12.8 Å². The predicted octanol–water partition coefficient (Wildman–Crippen LogP) is 3.86. The molecule has 0 aromatic heterocycles. The molecule has 4 nitrogen and oxygen atoms in total. The van der Waals surface area contributed by atoms with Crippen molar-refractivity contribution in [2.24, 2.45) is 0 Å². The molecule has 0 radical (unpaired) electrons. The van der Waals surface area contributed by atoms with E-state index in [0.29, 0.717) is 35.2 Å². The Balaban J connectivity index is 1.83. The lowest BCUT2D eigenvalue weighted by Crippen LogP contribution is -2.32. The van der Waals surface area contributed by atoms with E-state index in [9.17, 15) is 9.90 Å². The van der Waals surface area contributed by atoms with Gasteiger partial charge in [0.05, 0.1) is 17.3 Å². The van der Waals surface area contributed by atoms with E-state index in [1.807, 2.05) is 18.2 Å². The molecular formula is C19H22Cl2N2O2. The van der Waals surface area contributed by atoms with Crippen LogP contribution in [0.2, 0.25) is 10.0 Å². The number of rotatable bonds is 9. The third-order valence-electron chi connectivity index (χ3n) is 3.83. The van der Waals surface area contributed by atoms with Gasteiger partial charge in [-0.25, -0.2) is 0 Å². The Morgan fingerprint density at radius 2 is 1.80 bits per heavy atom. The summed E-state index contributed by atoms with van der Waals surface area (Å²) < 4.78 is 0. The molecular weight excluding hydrogens is 359 g/mol. The number of hydrogen-bond donors (Lipinski definition) is 2. The molecule has 25 heavy (non-hydrogen) atoms. The first-order valence-corrected chi connectivity index (χ1v) is 8.96. The highest BCUT2D eigenvalue weighted by molar-refractivity contribution is 6.35. The molecule has 2 rings (SSSR count). The lowest BCUT2D eigenvalue weighted by molar-refractivity contribution is -0.116. The smallest absolute Gasteiger partial charge is 0.225 e. The largest absolute Gasteiger partial charge is 0.395 e. The monoisotopic (exact) mass is 380 g/mol. The van der Waals surface area contributed by atoms with Gasteiger partial charge < -0.3 is 15.3 Å². The first kappa shape index (κ1) is 19.7. The van der Waals surface area contributed by atoms with Gasteiger partial charge in [-0.15, -0.1) is 0 Å². The third-order valence-corrected chi connectivity index (χ3v) is 4.40. The minimum Gasteiger partial charge on any atom is -0.395 e. The molecule has 0 aliphatic carbocycles. The van der Waals surface area contributed by atoms with Gasteiger partial charge in [-0.3, -0.25) is 4.79 Å². The minimum atomic E-state index is -0.133. The number of aliphatic hydroxyl groups excluding tert-OH is 1. The average molecular weight is 381 g/mol. The van der Waals surface area contributed by atoms with E-state index in [-0.39, 0.29) is 12.5 Å². The molecule has 0 heterocycles. The lowest BCUT2D eigenvalue weighted by atomic mass is 10.1. The summed E-state index contributed by atoms with van der Waals surface area (Å²) in [4.78, 5) is 14.2. The van der Waals surface area contributed by atoms with Crippen molar-refractivity contribution in [3.8, 4) is 0 Å². The summed E-state index contributed by atoms with van der Waals surface area (Å²) >= 11 is 12.0. The maximum absolute atomic E-state index is 12.2. The quantitative estimate of drug-likeness (QED) is 0.694. The fourth-order valence-electron chi connectivity index (χ4n) is 2.47. The van der Waals surface area contributed by atoms with Gasteiger partial charge in [0.1, 0.15) is 0 Å². The molecule has 0 fully saturated rings. The Hall–Kier alpha value is -1.59. The van der Waals surface area contributed by atoms with Crippen LogP contribution >= 0.6 is 23.2 Å². The summed E-state index contributed by atoms with van der Waals surface area (Å²) in [7, 11) is 0. The summed E-state index contributed by atoms with van der Waals surface area (Å²) in [6, 6.07) is 15.1. The van der Waals surface area contributed by atoms with E-state index in [2.05, 4.69) is 22.3 Å². The van der Waals surface area contributed by atoms with Crippen LogP contribution in [0.4, 0.5) is 5.69 Å². The van der Waals surface area contributed by atoms with Gasteiger partial charge >= 0.3 is 0 Å². The predicted molar refractivity (Wildman–Crippen MR) is 103 cm³/mol. The van der Waals surface area contributed by atoms with Gasteiger partial charge in [-0.1, -0.05) is 53.5 Å². The van der Waals surface area contributed by atoms with Crippen molar-refractivity contribution in [3.05, 3.63) is 64.1 Å². The van der Waals surface area contributed by atoms with E-state index >= 15 is 0 Å². The highest BCUT2D eigenvalue weighted by Crippen LogP contribution is 2.25. The number of nitrogens with one attached hydrogen (secondary N) is 1. The molecule has 0 saturated carbocycles. The highest BCUT2D eigenvalue weighted by Gasteiger charge is 2.10. The fourth-order valence-corrected chi connectivity index (χ4v) is 2.81. The van der Waals surface area contributed by atoms with Crippen molar-refractivity contribution in [2.75, 3.05) is 31.6 Å². The highest BCUT2D eigenvalue weighted by atomic mass is 35.5. The van der Waals surface area contributed by atoms with E-state index in [0.717, 1.165) is 13.0 Å². The van der Waals surface area contributed by atoms with Gasteiger partial charge in [-0.2, -0.15) is 0 Å². The SMILES string of the molecule is O=C(CCN(CCO)CCc1ccccc1)Nc1cc(Cl)ccc1Cl. The molecule has 134 valence electrons. The van der Waals surface area contributed by atoms with Crippen molar-refractivity contribution in [3.63, 3.8) is 0 Å². The fraction of sp³-hybridized carbons (Fsp3) is 0.316. The van der Waals surface area contributed by atoms with Gasteiger partial charge in [0, 0.05) is 31.1 Å². The van der Waals surface area contributed by atoms with E-state index in [1.54, 1.807) is 18.2 Å². The van der Waals surface area contributed by atoms with Gasteiger partial charge in [0.2, 0.25) is 5.91 Å². The zero-order valence-electron chi connectivity index (χ0n) is 13.9. The van der Waals surface area contributed by atoms with Crippen LogP contribution in [0, 0.1) is 0 Å². The lowest BCUT2D eigenvalue weighted by Gasteiger charge is -2.21. The van der Waals surface area contributed by atoms with Crippen molar-refractivity contribution >= 4 is 34.8 Å². The maximum Gasteiger partial charge on any atom is 0.225 e. The standard InChI is InChI=1S/C19H22Cl2N2O2/c20-16-6-7-17(21)18(14-16)22-19(25)9-11-23(12-13-24)10-8-15-4-2-1-3-5-15/h1-7,14,24H,8-13H2,(H,22,25). The van der Waals surface area contributed by atoms with Gasteiger partial charge in [0.15, 0.2) is 0 Å². The van der Waals surface area contributed by atoms with Gasteiger partial charge in [0.25, 0.3) is 0 Å². The number of aliphatic hydroxyl groups is 1. The molecule has 2 aromatic rings. The molecule has 0 bridgehead atoms. The average Bonchev–Trinajstić information content (AvgIpc) is 2.61. The number of hydrogen-bond acceptors (Lipinski definition) is 3. The summed E-state index contributed by atoms with van der Waals surface area (Å²) in [5.74, 6) is -0.133. The van der Waals surface area contributed by atoms with E-state index in [1.165, 1.54) is 5.56 Å². The third kappa shape index (κ3) is 7.04. The van der Waals surface area contributed by atoms with Crippen LogP contribution < -0.4 is 5.32 Å². The van der Waals surface area contributed by atoms with E-state index in [4.69, 9.17) is 23.2 Å². The van der Waals surface area contributed by atoms with Crippen molar-refractivity contribution in [1.82, 2.24) is 4.90 Å². The number of carbonyl (C=O) groups excluding carboxylic acids is 1. The molecule has 1 amide bonds. The zero-order valence-corrected chi connectivity index (χ0v) is 15.4. The van der Waals surface area contributed by atoms with E-state index < -0.39 is 0 Å². The normalized spacial score (nSPS) is 10.9. The number of halogens is 2. The Bertz CT molecular complexity index is 680. The van der Waals surface area contributed by atoms with Crippen LogP contribution in [-0.4, -0.2) is 42.2 Å². The van der Waals surface area contributed by atoms with Crippen LogP contribution in [0.1, 0.15) is 12.0 Å². The summed E-state index contributed by atoms with van der Waals surface area (Å²) in [5, 5.41) is 13.0. The Morgan fingerprint density at radius 3 is 2.52 bits per heavy atom. The van der Waals surface area contributed by atoms with Crippen molar-refractivity contribution < 1.29 is 9.90 Å². The van der Waals surface area contributed by atoms with Crippen LogP contribution in [0.5, 0.6) is 0 Å². The minimum absolute atomic E-state index is 0.0660. The Kier molecular flexibility index (Phi) is 8.22. The zero-order chi connectivity index (χ0) is 18.1. The maximum atomic E-state index is 12.2. The van der Waals surface area contributed by atoms with Crippen LogP contribution in [0.15, 0.2) is 48.5 Å². The summed E-state index contributed by atoms with van der Waals surface area (Å²) in [6.07, 6.45) is 1.19. The molecule has 2 N–H and O–H groups in total. The second-order valence-corrected chi connectivity index (χ2v) is 6.57. The number of carbonyl (C=O) groups is 1. The molecule has 6 heteroatoms. The first-order chi connectivity index (χ1) is 12.1. The molecule has 0 aliphatic rings. The summed E-state index contributed by atoms with van der Waals surface area (Å²) in [5.41, 5.74) is 1.75. The number of amides is 1. The second-order valence-electron chi connectivity index (χ2n) is 5.72. The number of anilines is 1. The molecule has 2 aromatic carbocycles. The topological polar surface area (TPSA) is 52.6 Å². The molecule has 0 aliphatic heterocycles. The van der Waals surface area contributed by atoms with Crippen LogP contribution in [0.25, 0.3) is 0 Å². The molecule has 0 unspecified atom stereocenters. The first-order valence-electron chi connectivity index (χ1n) is 8.20. The van der Waals surface area contributed by atoms with Crippen LogP contribution in [0.3, 0.4) is 0 Å². The second kappa shape index (κ2) is 10.4. The Labute approximate surface area is 158 Å². The van der Waals surface area contributed by atoms with Crippen LogP contribution in [-0.2, 0) is 11.2 Å². The number of benzene rings is 2. The molecule has 0 saturated heterocycles. The Morgan fingerprint density at radius 1 is 1.04 bits per heavy atom. The van der Waals surface area contributed by atoms with Crippen molar-refractivity contribution in [1.29, 1.82) is 0 Å². The number of nitrogens with zero attached hydrogens (tertiary/aromatic N) is 1. The summed E-state index contributed by atoms with van der Waals surface area (Å²) in [6.45, 7) is 1.96. The van der Waals surface area contributed by atoms with Gasteiger partial charge in [-0.05, 0) is 30.2 Å². The molecule has 0 spiro atoms. The molecule has 0 atom stereocenters.